The van der Waals surface area contributed by atoms with Crippen molar-refractivity contribution >= 4 is 55.0 Å². The largest absolute Gasteiger partial charge is 0.491 e. The fourth-order valence-electron chi connectivity index (χ4n) is 6.18. The molecule has 2 heterocycles. The van der Waals surface area contributed by atoms with Crippen molar-refractivity contribution in [1.82, 2.24) is 15.3 Å². The summed E-state index contributed by atoms with van der Waals surface area (Å²) in [7, 11) is 0. The van der Waals surface area contributed by atoms with Crippen molar-refractivity contribution in [3.63, 3.8) is 0 Å². The minimum absolute atomic E-state index is 0.710. The number of para-hydroxylation sites is 4. The normalized spacial score (nSPS) is 11.5. The minimum atomic E-state index is 0.710. The van der Waals surface area contributed by atoms with Crippen LogP contribution in [0.15, 0.2) is 84.9 Å². The second kappa shape index (κ2) is 17.0. The molecule has 6 aromatic rings. The highest BCUT2D eigenvalue weighted by atomic mass is 16.5. The highest BCUT2D eigenvalue weighted by Crippen LogP contribution is 2.36. The van der Waals surface area contributed by atoms with Crippen molar-refractivity contribution in [3.05, 3.63) is 84.9 Å². The average molecular weight is 644 g/mol. The molecule has 0 aliphatic rings. The van der Waals surface area contributed by atoms with E-state index in [0.29, 0.717) is 13.2 Å². The summed E-state index contributed by atoms with van der Waals surface area (Å²) in [6, 6.07) is 29.2. The number of pyridine rings is 2. The molecule has 2 aromatic heterocycles. The zero-order valence-electron chi connectivity index (χ0n) is 28.5. The van der Waals surface area contributed by atoms with Crippen molar-refractivity contribution in [3.8, 4) is 11.5 Å². The number of nitrogens with zero attached hydrogens (tertiary/aromatic N) is 2. The van der Waals surface area contributed by atoms with Crippen LogP contribution in [0.1, 0.15) is 58.8 Å². The molecule has 48 heavy (non-hydrogen) atoms. The molecule has 0 fully saturated rings. The third-order valence-electron chi connectivity index (χ3n) is 8.77. The number of fused-ring (bicyclic) bond motifs is 4. The standard InChI is InChI=1S/C41H49N5O2/c1-3-5-28-47-36-22-13-18-32-38(30-16-7-9-20-34(30)45-40(32)36)43-26-12-11-24-42-25-15-27-44-39-31-17-8-10-21-35(31)46-41-33(39)19-14-23-37(41)48-29-6-4-2/h7-10,13-14,16-23,42H,3-6,11-12,15,24-29H2,1-2H3,(H,43,45)(H,44,46). The summed E-state index contributed by atoms with van der Waals surface area (Å²) in [4.78, 5) is 9.97. The lowest BCUT2D eigenvalue weighted by Gasteiger charge is -2.16. The third-order valence-corrected chi connectivity index (χ3v) is 8.77. The summed E-state index contributed by atoms with van der Waals surface area (Å²) in [6.07, 6.45) is 7.50. The van der Waals surface area contributed by atoms with E-state index in [0.717, 1.165) is 138 Å². The Hall–Kier alpha value is -4.62. The third kappa shape index (κ3) is 7.91. The van der Waals surface area contributed by atoms with Gasteiger partial charge in [0, 0.05) is 34.6 Å². The number of hydrogen-bond donors (Lipinski definition) is 3. The number of unbranched alkanes of at least 4 members (excludes halogenated alkanes) is 3. The molecule has 0 aliphatic carbocycles. The van der Waals surface area contributed by atoms with Crippen LogP contribution in [0.4, 0.5) is 11.4 Å². The lowest BCUT2D eigenvalue weighted by molar-refractivity contribution is 0.312. The molecule has 0 aliphatic heterocycles. The van der Waals surface area contributed by atoms with Crippen LogP contribution < -0.4 is 25.4 Å². The SMILES string of the molecule is CCCCOc1cccc2c(NCCCCNCCCNc3c4ccccc4nc4c(OCCCC)cccc34)c3ccccc3nc12. The Morgan fingerprint density at radius 3 is 1.48 bits per heavy atom. The lowest BCUT2D eigenvalue weighted by Crippen LogP contribution is -2.20. The van der Waals surface area contributed by atoms with Crippen molar-refractivity contribution in [1.29, 1.82) is 0 Å². The van der Waals surface area contributed by atoms with Gasteiger partial charge >= 0.3 is 0 Å². The second-order valence-corrected chi connectivity index (χ2v) is 12.4. The number of ether oxygens (including phenoxy) is 2. The number of benzene rings is 4. The van der Waals surface area contributed by atoms with Gasteiger partial charge in [-0.2, -0.15) is 0 Å². The molecule has 0 saturated heterocycles. The Morgan fingerprint density at radius 2 is 0.938 bits per heavy atom. The number of nitrogens with one attached hydrogen (secondary N) is 3. The monoisotopic (exact) mass is 643 g/mol. The van der Waals surface area contributed by atoms with E-state index in [4.69, 9.17) is 19.4 Å². The maximum absolute atomic E-state index is 6.13. The van der Waals surface area contributed by atoms with E-state index in [-0.39, 0.29) is 0 Å². The van der Waals surface area contributed by atoms with Gasteiger partial charge in [-0.15, -0.1) is 0 Å². The summed E-state index contributed by atoms with van der Waals surface area (Å²) < 4.78 is 12.3. The predicted molar refractivity (Wildman–Crippen MR) is 203 cm³/mol. The van der Waals surface area contributed by atoms with Crippen molar-refractivity contribution in [2.24, 2.45) is 0 Å². The number of hydrogen-bond acceptors (Lipinski definition) is 7. The zero-order chi connectivity index (χ0) is 33.0. The van der Waals surface area contributed by atoms with Gasteiger partial charge in [0.25, 0.3) is 0 Å². The minimum Gasteiger partial charge on any atom is -0.491 e. The fraction of sp³-hybridized carbons (Fsp3) is 0.366. The van der Waals surface area contributed by atoms with E-state index < -0.39 is 0 Å². The summed E-state index contributed by atoms with van der Waals surface area (Å²) in [5.74, 6) is 1.72. The number of anilines is 2. The molecular weight excluding hydrogens is 594 g/mol. The Bertz CT molecular complexity index is 1800. The molecule has 0 bridgehead atoms. The summed E-state index contributed by atoms with van der Waals surface area (Å²) >= 11 is 0. The topological polar surface area (TPSA) is 80.3 Å². The van der Waals surface area contributed by atoms with Gasteiger partial charge in [0.2, 0.25) is 0 Å². The Morgan fingerprint density at radius 1 is 0.479 bits per heavy atom. The summed E-state index contributed by atoms with van der Waals surface area (Å²) in [6.45, 7) is 9.52. The first-order valence-electron chi connectivity index (χ1n) is 17.9. The molecular formula is C41H49N5O2. The molecule has 0 saturated carbocycles. The van der Waals surface area contributed by atoms with E-state index >= 15 is 0 Å². The van der Waals surface area contributed by atoms with Crippen LogP contribution in [0.5, 0.6) is 11.5 Å². The molecule has 0 unspecified atom stereocenters. The summed E-state index contributed by atoms with van der Waals surface area (Å²) in [5.41, 5.74) is 6.11. The van der Waals surface area contributed by atoms with Gasteiger partial charge in [0.15, 0.2) is 0 Å². The van der Waals surface area contributed by atoms with Gasteiger partial charge in [-0.1, -0.05) is 87.4 Å². The smallest absolute Gasteiger partial charge is 0.145 e. The zero-order valence-corrected chi connectivity index (χ0v) is 28.5. The van der Waals surface area contributed by atoms with Gasteiger partial charge in [0.1, 0.15) is 22.5 Å². The van der Waals surface area contributed by atoms with Crippen molar-refractivity contribution in [2.75, 3.05) is 50.0 Å². The number of rotatable bonds is 19. The Labute approximate surface area is 284 Å². The predicted octanol–water partition coefficient (Wildman–Crippen LogP) is 9.73. The molecule has 0 radical (unpaired) electrons. The Balaban J connectivity index is 0.997. The molecule has 0 amide bonds. The van der Waals surface area contributed by atoms with Crippen LogP contribution >= 0.6 is 0 Å². The molecule has 3 N–H and O–H groups in total. The van der Waals surface area contributed by atoms with Crippen LogP contribution in [0, 0.1) is 0 Å². The van der Waals surface area contributed by atoms with E-state index in [9.17, 15) is 0 Å². The van der Waals surface area contributed by atoms with Crippen LogP contribution in [0.25, 0.3) is 43.6 Å². The summed E-state index contributed by atoms with van der Waals surface area (Å²) in [5, 5.41) is 15.7. The first-order valence-corrected chi connectivity index (χ1v) is 17.9. The van der Waals surface area contributed by atoms with Gasteiger partial charge < -0.3 is 25.4 Å². The molecule has 0 atom stereocenters. The molecule has 4 aromatic carbocycles. The van der Waals surface area contributed by atoms with Gasteiger partial charge in [-0.3, -0.25) is 0 Å². The fourth-order valence-corrected chi connectivity index (χ4v) is 6.18. The van der Waals surface area contributed by atoms with Gasteiger partial charge in [0.05, 0.1) is 35.6 Å². The van der Waals surface area contributed by atoms with Crippen LogP contribution in [0.3, 0.4) is 0 Å². The van der Waals surface area contributed by atoms with Gasteiger partial charge in [-0.25, -0.2) is 9.97 Å². The quantitative estimate of drug-likeness (QED) is 0.0599. The van der Waals surface area contributed by atoms with Crippen LogP contribution in [-0.4, -0.2) is 49.4 Å². The Kier molecular flexibility index (Phi) is 11.8. The average Bonchev–Trinajstić information content (AvgIpc) is 3.12. The van der Waals surface area contributed by atoms with Crippen molar-refractivity contribution < 1.29 is 9.47 Å². The highest BCUT2D eigenvalue weighted by molar-refractivity contribution is 6.10. The van der Waals surface area contributed by atoms with Crippen molar-refractivity contribution in [2.45, 2.75) is 58.8 Å². The second-order valence-electron chi connectivity index (χ2n) is 12.4. The van der Waals surface area contributed by atoms with E-state index in [2.05, 4.69) is 96.5 Å². The molecule has 6 rings (SSSR count). The number of aromatic nitrogens is 2. The first-order chi connectivity index (χ1) is 23.8. The maximum Gasteiger partial charge on any atom is 0.145 e. The molecule has 0 spiro atoms. The van der Waals surface area contributed by atoms with E-state index in [1.54, 1.807) is 0 Å². The van der Waals surface area contributed by atoms with Crippen LogP contribution in [0.2, 0.25) is 0 Å². The lowest BCUT2D eigenvalue weighted by atomic mass is 10.1. The maximum atomic E-state index is 6.13. The molecule has 7 heteroatoms. The highest BCUT2D eigenvalue weighted by Gasteiger charge is 2.14. The van der Waals surface area contributed by atoms with E-state index in [1.807, 2.05) is 18.2 Å². The van der Waals surface area contributed by atoms with Gasteiger partial charge in [-0.05, 0) is 69.5 Å². The van der Waals surface area contributed by atoms with Crippen LogP contribution in [-0.2, 0) is 0 Å². The van der Waals surface area contributed by atoms with E-state index in [1.165, 1.54) is 0 Å². The molecule has 7 nitrogen and oxygen atoms in total. The molecule has 250 valence electrons. The first kappa shape index (κ1) is 33.3.